The summed E-state index contributed by atoms with van der Waals surface area (Å²) >= 11 is 5.80. The van der Waals surface area contributed by atoms with Crippen molar-refractivity contribution < 1.29 is 24.2 Å². The van der Waals surface area contributed by atoms with Crippen molar-refractivity contribution in [3.8, 4) is 0 Å². The number of halogens is 1. The Morgan fingerprint density at radius 1 is 1.26 bits per heavy atom. The van der Waals surface area contributed by atoms with Crippen LogP contribution in [0.2, 0.25) is 5.02 Å². The third-order valence-electron chi connectivity index (χ3n) is 2.74. The van der Waals surface area contributed by atoms with Crippen LogP contribution in [0.1, 0.15) is 39.4 Å². The van der Waals surface area contributed by atoms with Gasteiger partial charge in [0.2, 0.25) is 0 Å². The Kier molecular flexibility index (Phi) is 6.84. The number of carbonyl (C=O) groups excluding carboxylic acids is 2. The van der Waals surface area contributed by atoms with Gasteiger partial charge in [-0.15, -0.1) is 0 Å². The first-order chi connectivity index (χ1) is 10.6. The molecule has 0 unspecified atom stereocenters. The number of hydrogen-bond donors (Lipinski definition) is 2. The molecule has 0 aliphatic rings. The Balaban J connectivity index is 2.93. The third kappa shape index (κ3) is 6.46. The largest absolute Gasteiger partial charge is 0.464 e. The normalized spacial score (nSPS) is 13.8. The van der Waals surface area contributed by atoms with Crippen molar-refractivity contribution in [3.63, 3.8) is 0 Å². The zero-order valence-electron chi connectivity index (χ0n) is 13.6. The number of rotatable bonds is 5. The quantitative estimate of drug-likeness (QED) is 0.803. The Bertz CT molecular complexity index is 538. The summed E-state index contributed by atoms with van der Waals surface area (Å²) in [5.41, 5.74) is -0.308. The lowest BCUT2D eigenvalue weighted by molar-refractivity contribution is -0.148. The van der Waals surface area contributed by atoms with Crippen molar-refractivity contribution in [2.24, 2.45) is 0 Å². The predicted octanol–water partition coefficient (Wildman–Crippen LogP) is 2.83. The van der Waals surface area contributed by atoms with E-state index in [-0.39, 0.29) is 6.61 Å². The second kappa shape index (κ2) is 8.17. The summed E-state index contributed by atoms with van der Waals surface area (Å²) in [5, 5.41) is 13.2. The van der Waals surface area contributed by atoms with Gasteiger partial charge < -0.3 is 19.9 Å². The second-order valence-corrected chi connectivity index (χ2v) is 6.31. The Morgan fingerprint density at radius 2 is 1.83 bits per heavy atom. The standard InChI is InChI=1S/C16H22ClNO5/c1-5-22-14(20)12(18-15(21)23-16(2,3)4)13(19)10-6-8-11(17)9-7-10/h6-9,12-13,19H,5H2,1-4H3,(H,18,21)/t12-,13+/m1/s1. The van der Waals surface area contributed by atoms with Gasteiger partial charge in [-0.2, -0.15) is 0 Å². The summed E-state index contributed by atoms with van der Waals surface area (Å²) in [4.78, 5) is 23.9. The van der Waals surface area contributed by atoms with Gasteiger partial charge in [0.15, 0.2) is 6.04 Å². The second-order valence-electron chi connectivity index (χ2n) is 5.87. The molecule has 7 heteroatoms. The van der Waals surface area contributed by atoms with Crippen LogP contribution in [0.5, 0.6) is 0 Å². The fraction of sp³-hybridized carbons (Fsp3) is 0.500. The highest BCUT2D eigenvalue weighted by Gasteiger charge is 2.32. The van der Waals surface area contributed by atoms with E-state index in [1.54, 1.807) is 52.0 Å². The molecule has 2 atom stereocenters. The fourth-order valence-corrected chi connectivity index (χ4v) is 1.91. The number of amides is 1. The summed E-state index contributed by atoms with van der Waals surface area (Å²) in [5.74, 6) is -0.749. The van der Waals surface area contributed by atoms with Gasteiger partial charge in [0.1, 0.15) is 11.7 Å². The topological polar surface area (TPSA) is 84.9 Å². The summed E-state index contributed by atoms with van der Waals surface area (Å²) < 4.78 is 10.0. The molecule has 0 aliphatic carbocycles. The fourth-order valence-electron chi connectivity index (χ4n) is 1.79. The smallest absolute Gasteiger partial charge is 0.408 e. The number of aliphatic hydroxyl groups excluding tert-OH is 1. The maximum atomic E-state index is 12.0. The van der Waals surface area contributed by atoms with Gasteiger partial charge in [0.25, 0.3) is 0 Å². The van der Waals surface area contributed by atoms with E-state index in [0.29, 0.717) is 10.6 Å². The summed E-state index contributed by atoms with van der Waals surface area (Å²) in [7, 11) is 0. The molecule has 0 heterocycles. The lowest BCUT2D eigenvalue weighted by Crippen LogP contribution is -2.47. The summed E-state index contributed by atoms with van der Waals surface area (Å²) in [6.07, 6.45) is -2.11. The van der Waals surface area contributed by atoms with E-state index in [1.807, 2.05) is 0 Å². The minimum atomic E-state index is -1.29. The molecule has 0 fully saturated rings. The molecule has 1 aromatic rings. The van der Waals surface area contributed by atoms with Crippen molar-refractivity contribution in [2.75, 3.05) is 6.61 Å². The Hall–Kier alpha value is -1.79. The molecule has 0 saturated heterocycles. The minimum absolute atomic E-state index is 0.124. The van der Waals surface area contributed by atoms with Crippen LogP contribution < -0.4 is 5.32 Å². The van der Waals surface area contributed by atoms with Gasteiger partial charge >= 0.3 is 12.1 Å². The highest BCUT2D eigenvalue weighted by atomic mass is 35.5. The van der Waals surface area contributed by atoms with E-state index in [9.17, 15) is 14.7 Å². The molecular weight excluding hydrogens is 322 g/mol. The molecule has 0 spiro atoms. The van der Waals surface area contributed by atoms with Crippen LogP contribution in [0.15, 0.2) is 24.3 Å². The maximum absolute atomic E-state index is 12.0. The SMILES string of the molecule is CCOC(=O)[C@H](NC(=O)OC(C)(C)C)[C@@H](O)c1ccc(Cl)cc1. The Morgan fingerprint density at radius 3 is 2.30 bits per heavy atom. The highest BCUT2D eigenvalue weighted by molar-refractivity contribution is 6.30. The van der Waals surface area contributed by atoms with Gasteiger partial charge in [-0.05, 0) is 45.4 Å². The van der Waals surface area contributed by atoms with Crippen molar-refractivity contribution in [2.45, 2.75) is 45.4 Å². The number of benzene rings is 1. The number of alkyl carbamates (subject to hydrolysis) is 1. The van der Waals surface area contributed by atoms with E-state index < -0.39 is 29.8 Å². The molecule has 1 rings (SSSR count). The van der Waals surface area contributed by atoms with Crippen molar-refractivity contribution in [1.29, 1.82) is 0 Å². The van der Waals surface area contributed by atoms with Crippen LogP contribution in [-0.2, 0) is 14.3 Å². The number of hydrogen-bond acceptors (Lipinski definition) is 5. The average molecular weight is 344 g/mol. The first-order valence-corrected chi connectivity index (χ1v) is 7.61. The molecule has 0 saturated carbocycles. The van der Waals surface area contributed by atoms with Crippen LogP contribution in [0.4, 0.5) is 4.79 Å². The average Bonchev–Trinajstić information content (AvgIpc) is 2.43. The number of ether oxygens (including phenoxy) is 2. The monoisotopic (exact) mass is 343 g/mol. The molecule has 0 aromatic heterocycles. The van der Waals surface area contributed by atoms with Crippen LogP contribution in [0, 0.1) is 0 Å². The molecular formula is C16H22ClNO5. The van der Waals surface area contributed by atoms with E-state index in [4.69, 9.17) is 21.1 Å². The number of esters is 1. The summed E-state index contributed by atoms with van der Waals surface area (Å²) in [6, 6.07) is 5.00. The highest BCUT2D eigenvalue weighted by Crippen LogP contribution is 2.21. The van der Waals surface area contributed by atoms with Gasteiger partial charge in [0.05, 0.1) is 6.61 Å². The van der Waals surface area contributed by atoms with E-state index in [2.05, 4.69) is 5.32 Å². The van der Waals surface area contributed by atoms with E-state index in [1.165, 1.54) is 0 Å². The van der Waals surface area contributed by atoms with Crippen molar-refractivity contribution in [1.82, 2.24) is 5.32 Å². The zero-order valence-corrected chi connectivity index (χ0v) is 14.4. The van der Waals surface area contributed by atoms with Gasteiger partial charge in [-0.3, -0.25) is 0 Å². The number of aliphatic hydroxyl groups is 1. The molecule has 0 bridgehead atoms. The number of carbonyl (C=O) groups is 2. The van der Waals surface area contributed by atoms with Crippen molar-refractivity contribution in [3.05, 3.63) is 34.9 Å². The molecule has 1 aromatic carbocycles. The number of nitrogens with one attached hydrogen (secondary N) is 1. The first kappa shape index (κ1) is 19.3. The third-order valence-corrected chi connectivity index (χ3v) is 2.99. The molecule has 2 N–H and O–H groups in total. The molecule has 0 radical (unpaired) electrons. The van der Waals surface area contributed by atoms with E-state index in [0.717, 1.165) is 0 Å². The van der Waals surface area contributed by atoms with Gasteiger partial charge in [-0.1, -0.05) is 23.7 Å². The first-order valence-electron chi connectivity index (χ1n) is 7.23. The molecule has 1 amide bonds. The van der Waals surface area contributed by atoms with Gasteiger partial charge in [-0.25, -0.2) is 9.59 Å². The zero-order chi connectivity index (χ0) is 17.6. The van der Waals surface area contributed by atoms with Crippen LogP contribution in [0.3, 0.4) is 0 Å². The van der Waals surface area contributed by atoms with Gasteiger partial charge in [0, 0.05) is 5.02 Å². The van der Waals surface area contributed by atoms with E-state index >= 15 is 0 Å². The van der Waals surface area contributed by atoms with Crippen LogP contribution in [-0.4, -0.2) is 35.4 Å². The molecule has 0 aliphatic heterocycles. The Labute approximate surface area is 140 Å². The molecule has 6 nitrogen and oxygen atoms in total. The van der Waals surface area contributed by atoms with Crippen LogP contribution in [0.25, 0.3) is 0 Å². The minimum Gasteiger partial charge on any atom is -0.464 e. The lowest BCUT2D eigenvalue weighted by atomic mass is 10.0. The molecule has 128 valence electrons. The summed E-state index contributed by atoms with van der Waals surface area (Å²) in [6.45, 7) is 6.85. The lowest BCUT2D eigenvalue weighted by Gasteiger charge is -2.25. The van der Waals surface area contributed by atoms with Crippen molar-refractivity contribution >= 4 is 23.7 Å². The van der Waals surface area contributed by atoms with Crippen LogP contribution >= 0.6 is 11.6 Å². The predicted molar refractivity (Wildman–Crippen MR) is 86.2 cm³/mol. The maximum Gasteiger partial charge on any atom is 0.408 e. The molecule has 23 heavy (non-hydrogen) atoms.